The number of hydrogen-bond acceptors (Lipinski definition) is 4. The van der Waals surface area contributed by atoms with E-state index in [2.05, 4.69) is 10.6 Å². The third kappa shape index (κ3) is 4.08. The van der Waals surface area contributed by atoms with E-state index in [1.807, 2.05) is 22.8 Å². The number of methoxy groups -OCH3 is 1. The van der Waals surface area contributed by atoms with E-state index in [0.29, 0.717) is 18.5 Å². The Balaban J connectivity index is 1.69. The Labute approximate surface area is 147 Å². The van der Waals surface area contributed by atoms with Gasteiger partial charge in [-0.05, 0) is 38.1 Å². The Hall–Kier alpha value is -2.18. The van der Waals surface area contributed by atoms with Crippen molar-refractivity contribution in [2.24, 2.45) is 5.41 Å². The Bertz CT molecular complexity index is 788. The van der Waals surface area contributed by atoms with Gasteiger partial charge in [-0.25, -0.2) is 0 Å². The molecule has 1 aromatic heterocycles. The summed E-state index contributed by atoms with van der Waals surface area (Å²) in [6.07, 6.45) is 3.66. The zero-order valence-electron chi connectivity index (χ0n) is 14.6. The van der Waals surface area contributed by atoms with Crippen LogP contribution in [-0.2, 0) is 16.1 Å². The molecule has 134 valence electrons. The van der Waals surface area contributed by atoms with Gasteiger partial charge < -0.3 is 19.9 Å². The number of hydrogen-bond donors (Lipinski definition) is 2. The van der Waals surface area contributed by atoms with E-state index in [-0.39, 0.29) is 23.3 Å². The number of rotatable bonds is 6. The van der Waals surface area contributed by atoms with Crippen molar-refractivity contribution in [2.45, 2.75) is 19.4 Å². The van der Waals surface area contributed by atoms with Gasteiger partial charge in [-0.15, -0.1) is 0 Å². The lowest BCUT2D eigenvalue weighted by atomic mass is 9.79. The first kappa shape index (κ1) is 17.6. The third-order valence-corrected chi connectivity index (χ3v) is 4.97. The van der Waals surface area contributed by atoms with Crippen molar-refractivity contribution in [2.75, 3.05) is 33.4 Å². The molecule has 1 aliphatic rings. The van der Waals surface area contributed by atoms with Gasteiger partial charge in [0.25, 0.3) is 0 Å². The van der Waals surface area contributed by atoms with Crippen molar-refractivity contribution in [1.82, 2.24) is 15.2 Å². The lowest BCUT2D eigenvalue weighted by molar-refractivity contribution is -0.122. The molecule has 0 aliphatic carbocycles. The number of aromatic nitrogens is 1. The summed E-state index contributed by atoms with van der Waals surface area (Å²) in [5, 5.41) is 7.04. The van der Waals surface area contributed by atoms with Gasteiger partial charge >= 0.3 is 0 Å². The number of para-hydroxylation sites is 1. The van der Waals surface area contributed by atoms with E-state index in [4.69, 9.17) is 4.74 Å². The van der Waals surface area contributed by atoms with Crippen LogP contribution in [-0.4, -0.2) is 43.8 Å². The van der Waals surface area contributed by atoms with Crippen LogP contribution in [0.4, 0.5) is 0 Å². The lowest BCUT2D eigenvalue weighted by Crippen LogP contribution is -2.47. The van der Waals surface area contributed by atoms with E-state index in [1.165, 1.54) is 6.07 Å². The van der Waals surface area contributed by atoms with Crippen molar-refractivity contribution in [3.05, 3.63) is 46.8 Å². The predicted molar refractivity (Wildman–Crippen MR) is 97.6 cm³/mol. The first-order valence-electron chi connectivity index (χ1n) is 8.68. The third-order valence-electron chi connectivity index (χ3n) is 4.97. The average molecular weight is 343 g/mol. The highest BCUT2D eigenvalue weighted by molar-refractivity contribution is 5.82. The fourth-order valence-electron chi connectivity index (χ4n) is 3.53. The molecule has 2 aromatic rings. The Morgan fingerprint density at radius 1 is 1.28 bits per heavy atom. The largest absolute Gasteiger partial charge is 0.384 e. The van der Waals surface area contributed by atoms with Gasteiger partial charge in [-0.1, -0.05) is 12.1 Å². The highest BCUT2D eigenvalue weighted by atomic mass is 16.5. The molecule has 0 saturated carbocycles. The number of amides is 1. The van der Waals surface area contributed by atoms with E-state index >= 15 is 0 Å². The molecule has 2 heterocycles. The molecule has 25 heavy (non-hydrogen) atoms. The number of piperidine rings is 1. The number of nitrogens with zero attached hydrogens (tertiary/aromatic N) is 1. The number of nitrogens with one attached hydrogen (secondary N) is 2. The molecule has 1 saturated heterocycles. The maximum Gasteiger partial charge on any atom is 0.239 e. The van der Waals surface area contributed by atoms with Crippen LogP contribution in [0.15, 0.2) is 41.3 Å². The summed E-state index contributed by atoms with van der Waals surface area (Å²) < 4.78 is 7.20. The number of carbonyl (C=O) groups excluding carboxylic acids is 1. The van der Waals surface area contributed by atoms with Gasteiger partial charge in [0.05, 0.1) is 12.1 Å². The molecule has 1 aliphatic heterocycles. The smallest absolute Gasteiger partial charge is 0.239 e. The van der Waals surface area contributed by atoms with Gasteiger partial charge in [0.2, 0.25) is 5.91 Å². The molecule has 0 spiro atoms. The molecule has 6 nitrogen and oxygen atoms in total. The first-order chi connectivity index (χ1) is 12.1. The van der Waals surface area contributed by atoms with Crippen LogP contribution in [0.25, 0.3) is 10.9 Å². The number of pyridine rings is 1. The van der Waals surface area contributed by atoms with Gasteiger partial charge in [0.15, 0.2) is 5.43 Å². The molecular weight excluding hydrogens is 318 g/mol. The zero-order valence-corrected chi connectivity index (χ0v) is 14.6. The maximum absolute atomic E-state index is 12.5. The van der Waals surface area contributed by atoms with E-state index < -0.39 is 0 Å². The Kier molecular flexibility index (Phi) is 5.50. The van der Waals surface area contributed by atoms with Crippen LogP contribution in [0.5, 0.6) is 0 Å². The highest BCUT2D eigenvalue weighted by Crippen LogP contribution is 2.28. The summed E-state index contributed by atoms with van der Waals surface area (Å²) in [6, 6.07) is 8.87. The highest BCUT2D eigenvalue weighted by Gasteiger charge is 2.32. The SMILES string of the molecule is COCC1(CNC(=O)Cn2ccc(=O)c3ccccc32)CCNCC1. The number of ether oxygens (including phenoxy) is 1. The zero-order chi connectivity index (χ0) is 17.7. The molecule has 6 heteroatoms. The maximum atomic E-state index is 12.5. The fourth-order valence-corrected chi connectivity index (χ4v) is 3.53. The van der Waals surface area contributed by atoms with Crippen LogP contribution in [0.1, 0.15) is 12.8 Å². The van der Waals surface area contributed by atoms with Crippen molar-refractivity contribution >= 4 is 16.8 Å². The van der Waals surface area contributed by atoms with E-state index in [9.17, 15) is 9.59 Å². The Morgan fingerprint density at radius 3 is 2.80 bits per heavy atom. The van der Waals surface area contributed by atoms with Crippen molar-refractivity contribution in [1.29, 1.82) is 0 Å². The van der Waals surface area contributed by atoms with Gasteiger partial charge in [0.1, 0.15) is 6.54 Å². The number of fused-ring (bicyclic) bond motifs is 1. The summed E-state index contributed by atoms with van der Waals surface area (Å²) in [5.74, 6) is -0.0530. The predicted octanol–water partition coefficient (Wildman–Crippen LogP) is 1.13. The number of carbonyl (C=O) groups is 1. The molecule has 1 fully saturated rings. The second-order valence-corrected chi connectivity index (χ2v) is 6.78. The Morgan fingerprint density at radius 2 is 2.04 bits per heavy atom. The first-order valence-corrected chi connectivity index (χ1v) is 8.68. The average Bonchev–Trinajstić information content (AvgIpc) is 2.64. The molecule has 0 unspecified atom stereocenters. The van der Waals surface area contributed by atoms with Crippen molar-refractivity contribution < 1.29 is 9.53 Å². The molecule has 0 atom stereocenters. The normalized spacial score (nSPS) is 16.7. The second-order valence-electron chi connectivity index (χ2n) is 6.78. The van der Waals surface area contributed by atoms with E-state index in [0.717, 1.165) is 31.4 Å². The summed E-state index contributed by atoms with van der Waals surface area (Å²) in [5.41, 5.74) is 0.751. The van der Waals surface area contributed by atoms with Crippen LogP contribution in [0.2, 0.25) is 0 Å². The molecule has 2 N–H and O–H groups in total. The van der Waals surface area contributed by atoms with Crippen LogP contribution < -0.4 is 16.1 Å². The standard InChI is InChI=1S/C19H25N3O3/c1-25-14-19(7-9-20-10-8-19)13-21-18(24)12-22-11-6-17(23)15-4-2-3-5-16(15)22/h2-6,11,20H,7-10,12-14H2,1H3,(H,21,24). The topological polar surface area (TPSA) is 72.4 Å². The van der Waals surface area contributed by atoms with Gasteiger partial charge in [0, 0.05) is 36.7 Å². The van der Waals surface area contributed by atoms with Gasteiger partial charge in [-0.2, -0.15) is 0 Å². The minimum Gasteiger partial charge on any atom is -0.384 e. The monoisotopic (exact) mass is 343 g/mol. The summed E-state index contributed by atoms with van der Waals surface area (Å²) in [6.45, 7) is 3.35. The molecule has 0 radical (unpaired) electrons. The van der Waals surface area contributed by atoms with Crippen LogP contribution >= 0.6 is 0 Å². The van der Waals surface area contributed by atoms with Crippen LogP contribution in [0.3, 0.4) is 0 Å². The fraction of sp³-hybridized carbons (Fsp3) is 0.474. The molecule has 1 aromatic carbocycles. The summed E-state index contributed by atoms with van der Waals surface area (Å²) in [4.78, 5) is 24.4. The van der Waals surface area contributed by atoms with Crippen molar-refractivity contribution in [3.8, 4) is 0 Å². The molecule has 3 rings (SSSR count). The van der Waals surface area contributed by atoms with Crippen LogP contribution in [0, 0.1) is 5.41 Å². The van der Waals surface area contributed by atoms with Gasteiger partial charge in [-0.3, -0.25) is 9.59 Å². The quantitative estimate of drug-likeness (QED) is 0.825. The lowest BCUT2D eigenvalue weighted by Gasteiger charge is -2.37. The second kappa shape index (κ2) is 7.80. The molecular formula is C19H25N3O3. The molecule has 1 amide bonds. The summed E-state index contributed by atoms with van der Waals surface area (Å²) in [7, 11) is 1.71. The molecule has 0 bridgehead atoms. The number of benzene rings is 1. The van der Waals surface area contributed by atoms with Crippen molar-refractivity contribution in [3.63, 3.8) is 0 Å². The minimum absolute atomic E-state index is 0.00126. The minimum atomic E-state index is -0.0530. The van der Waals surface area contributed by atoms with E-state index in [1.54, 1.807) is 19.4 Å². The summed E-state index contributed by atoms with van der Waals surface area (Å²) >= 11 is 0.